The maximum atomic E-state index is 13.9. The average molecular weight is 308 g/mol. The van der Waals surface area contributed by atoms with Crippen molar-refractivity contribution in [3.8, 4) is 6.07 Å². The fraction of sp³-hybridized carbons (Fsp3) is 0.0667. The number of ketones is 1. The second kappa shape index (κ2) is 6.04. The summed E-state index contributed by atoms with van der Waals surface area (Å²) in [6, 6.07) is 12.1. The van der Waals surface area contributed by atoms with Crippen molar-refractivity contribution in [2.75, 3.05) is 0 Å². The van der Waals surface area contributed by atoms with Crippen molar-refractivity contribution >= 4 is 29.0 Å². The number of carbonyl (C=O) groups excluding carboxylic acids is 1. The average Bonchev–Trinajstić information content (AvgIpc) is 2.45. The van der Waals surface area contributed by atoms with Crippen LogP contribution < -0.4 is 0 Å². The highest BCUT2D eigenvalue weighted by atomic mass is 35.5. The number of nitrogens with zero attached hydrogens (tertiary/aromatic N) is 1. The quantitative estimate of drug-likeness (QED) is 0.776. The van der Waals surface area contributed by atoms with Crippen molar-refractivity contribution in [1.29, 1.82) is 5.26 Å². The molecule has 1 atom stereocenters. The second-order valence-corrected chi connectivity index (χ2v) is 4.92. The lowest BCUT2D eigenvalue weighted by Crippen LogP contribution is -2.13. The first-order chi connectivity index (χ1) is 9.54. The summed E-state index contributed by atoms with van der Waals surface area (Å²) in [7, 11) is 0. The summed E-state index contributed by atoms with van der Waals surface area (Å²) in [6.07, 6.45) is 0. The molecule has 0 radical (unpaired) electrons. The molecule has 0 aromatic heterocycles. The van der Waals surface area contributed by atoms with Crippen LogP contribution in [0.25, 0.3) is 0 Å². The van der Waals surface area contributed by atoms with Gasteiger partial charge in [-0.1, -0.05) is 35.3 Å². The molecule has 2 nitrogen and oxygen atoms in total. The fourth-order valence-corrected chi connectivity index (χ4v) is 2.10. The highest BCUT2D eigenvalue weighted by Crippen LogP contribution is 2.27. The number of carbonyl (C=O) groups is 1. The van der Waals surface area contributed by atoms with Crippen molar-refractivity contribution < 1.29 is 9.18 Å². The van der Waals surface area contributed by atoms with E-state index in [-0.39, 0.29) is 10.6 Å². The molecule has 0 amide bonds. The predicted octanol–water partition coefficient (Wildman–Crippen LogP) is 4.62. The molecule has 0 bridgehead atoms. The number of hydrogen-bond donors (Lipinski definition) is 0. The van der Waals surface area contributed by atoms with Crippen LogP contribution in [-0.2, 0) is 0 Å². The summed E-state index contributed by atoms with van der Waals surface area (Å²) in [6.45, 7) is 0. The smallest absolute Gasteiger partial charge is 0.184 e. The third-order valence-corrected chi connectivity index (χ3v) is 3.36. The first-order valence-corrected chi connectivity index (χ1v) is 6.43. The van der Waals surface area contributed by atoms with Crippen LogP contribution in [0.2, 0.25) is 10.0 Å². The van der Waals surface area contributed by atoms with Crippen molar-refractivity contribution in [1.82, 2.24) is 0 Å². The third-order valence-electron chi connectivity index (χ3n) is 2.81. The standard InChI is InChI=1S/C15H8Cl2FNO/c16-10-6-4-9(5-7-10)15(20)12(8-19)11-2-1-3-13(17)14(11)18/h1-7,12H. The van der Waals surface area contributed by atoms with Crippen molar-refractivity contribution in [2.24, 2.45) is 0 Å². The maximum absolute atomic E-state index is 13.9. The van der Waals surface area contributed by atoms with E-state index in [1.165, 1.54) is 42.5 Å². The molecule has 2 rings (SSSR count). The molecule has 0 aliphatic heterocycles. The van der Waals surface area contributed by atoms with E-state index in [0.717, 1.165) is 0 Å². The van der Waals surface area contributed by atoms with Gasteiger partial charge in [-0.05, 0) is 30.3 Å². The molecule has 5 heteroatoms. The Labute approximate surface area is 125 Å². The van der Waals surface area contributed by atoms with Crippen molar-refractivity contribution in [3.05, 3.63) is 69.5 Å². The fourth-order valence-electron chi connectivity index (χ4n) is 1.79. The van der Waals surface area contributed by atoms with Crippen molar-refractivity contribution in [3.63, 3.8) is 0 Å². The molecule has 1 unspecified atom stereocenters. The summed E-state index contributed by atoms with van der Waals surface area (Å²) < 4.78 is 13.9. The Hall–Kier alpha value is -1.89. The Morgan fingerprint density at radius 1 is 1.15 bits per heavy atom. The molecule has 100 valence electrons. The molecule has 2 aromatic rings. The van der Waals surface area contributed by atoms with Gasteiger partial charge in [0.1, 0.15) is 11.7 Å². The largest absolute Gasteiger partial charge is 0.292 e. The number of halogens is 3. The van der Waals surface area contributed by atoms with Gasteiger partial charge in [0.05, 0.1) is 11.1 Å². The van der Waals surface area contributed by atoms with Gasteiger partial charge in [0.2, 0.25) is 0 Å². The molecule has 2 aromatic carbocycles. The zero-order chi connectivity index (χ0) is 14.7. The lowest BCUT2D eigenvalue weighted by molar-refractivity contribution is 0.0977. The summed E-state index contributed by atoms with van der Waals surface area (Å²) in [5.74, 6) is -2.48. The van der Waals surface area contributed by atoms with Crippen LogP contribution >= 0.6 is 23.2 Å². The minimum absolute atomic E-state index is 0.0278. The first-order valence-electron chi connectivity index (χ1n) is 5.68. The lowest BCUT2D eigenvalue weighted by atomic mass is 9.91. The molecule has 20 heavy (non-hydrogen) atoms. The van der Waals surface area contributed by atoms with Crippen LogP contribution in [0, 0.1) is 17.1 Å². The minimum Gasteiger partial charge on any atom is -0.292 e. The number of rotatable bonds is 3. The van der Waals surface area contributed by atoms with Gasteiger partial charge in [0, 0.05) is 16.1 Å². The number of Topliss-reactive ketones (excluding diaryl/α,β-unsaturated/α-hetero) is 1. The van der Waals surface area contributed by atoms with E-state index in [1.807, 2.05) is 6.07 Å². The Morgan fingerprint density at radius 2 is 1.80 bits per heavy atom. The van der Waals surface area contributed by atoms with Gasteiger partial charge in [-0.25, -0.2) is 4.39 Å². The van der Waals surface area contributed by atoms with Crippen LogP contribution in [0.5, 0.6) is 0 Å². The monoisotopic (exact) mass is 307 g/mol. The van der Waals surface area contributed by atoms with Gasteiger partial charge in [-0.2, -0.15) is 5.26 Å². The molecule has 0 N–H and O–H groups in total. The number of hydrogen-bond acceptors (Lipinski definition) is 2. The Kier molecular flexibility index (Phi) is 4.39. The predicted molar refractivity (Wildman–Crippen MR) is 75.5 cm³/mol. The first kappa shape index (κ1) is 14.5. The Balaban J connectivity index is 2.43. The van der Waals surface area contributed by atoms with Gasteiger partial charge in [0.15, 0.2) is 5.78 Å². The lowest BCUT2D eigenvalue weighted by Gasteiger charge is -2.10. The summed E-state index contributed by atoms with van der Waals surface area (Å²) in [4.78, 5) is 12.3. The van der Waals surface area contributed by atoms with Gasteiger partial charge >= 0.3 is 0 Å². The van der Waals surface area contributed by atoms with E-state index in [9.17, 15) is 14.4 Å². The number of benzene rings is 2. The van der Waals surface area contributed by atoms with E-state index < -0.39 is 17.5 Å². The van der Waals surface area contributed by atoms with E-state index in [4.69, 9.17) is 23.2 Å². The molecular weight excluding hydrogens is 300 g/mol. The van der Waals surface area contributed by atoms with Gasteiger partial charge < -0.3 is 0 Å². The molecule has 0 saturated heterocycles. The molecule has 0 saturated carbocycles. The zero-order valence-electron chi connectivity index (χ0n) is 10.1. The van der Waals surface area contributed by atoms with Crippen LogP contribution in [0.1, 0.15) is 21.8 Å². The second-order valence-electron chi connectivity index (χ2n) is 4.08. The molecule has 0 fully saturated rings. The van der Waals surface area contributed by atoms with E-state index in [0.29, 0.717) is 10.6 Å². The molecular formula is C15H8Cl2FNO. The molecule has 0 heterocycles. The number of nitriles is 1. The topological polar surface area (TPSA) is 40.9 Å². The van der Waals surface area contributed by atoms with Gasteiger partial charge in [-0.3, -0.25) is 4.79 Å². The summed E-state index contributed by atoms with van der Waals surface area (Å²) in [5.41, 5.74) is 0.264. The SMILES string of the molecule is N#CC(C(=O)c1ccc(Cl)cc1)c1cccc(Cl)c1F. The van der Waals surface area contributed by atoms with E-state index in [1.54, 1.807) is 0 Å². The van der Waals surface area contributed by atoms with Crippen LogP contribution in [0.3, 0.4) is 0 Å². The maximum Gasteiger partial charge on any atom is 0.184 e. The minimum atomic E-state index is -1.24. The van der Waals surface area contributed by atoms with Crippen LogP contribution in [0.15, 0.2) is 42.5 Å². The third kappa shape index (κ3) is 2.82. The van der Waals surface area contributed by atoms with Gasteiger partial charge in [0.25, 0.3) is 0 Å². The van der Waals surface area contributed by atoms with Gasteiger partial charge in [-0.15, -0.1) is 0 Å². The zero-order valence-corrected chi connectivity index (χ0v) is 11.6. The highest BCUT2D eigenvalue weighted by molar-refractivity contribution is 6.31. The molecule has 0 aliphatic rings. The highest BCUT2D eigenvalue weighted by Gasteiger charge is 2.25. The van der Waals surface area contributed by atoms with Crippen LogP contribution in [0.4, 0.5) is 4.39 Å². The van der Waals surface area contributed by atoms with Crippen LogP contribution in [-0.4, -0.2) is 5.78 Å². The Morgan fingerprint density at radius 3 is 2.40 bits per heavy atom. The Bertz CT molecular complexity index is 692. The van der Waals surface area contributed by atoms with E-state index >= 15 is 0 Å². The summed E-state index contributed by atoms with van der Waals surface area (Å²) >= 11 is 11.4. The molecule has 0 spiro atoms. The molecule has 0 aliphatic carbocycles. The van der Waals surface area contributed by atoms with Crippen molar-refractivity contribution in [2.45, 2.75) is 5.92 Å². The summed E-state index contributed by atoms with van der Waals surface area (Å²) in [5, 5.41) is 9.53. The normalized spacial score (nSPS) is 11.7. The van der Waals surface area contributed by atoms with E-state index in [2.05, 4.69) is 0 Å².